The van der Waals surface area contributed by atoms with Gasteiger partial charge < -0.3 is 14.9 Å². The molecule has 1 spiro atoms. The van der Waals surface area contributed by atoms with Crippen LogP contribution in [0.25, 0.3) is 0 Å². The van der Waals surface area contributed by atoms with Crippen LogP contribution < -0.4 is 4.90 Å². The van der Waals surface area contributed by atoms with Crippen molar-refractivity contribution < 1.29 is 14.7 Å². The molecule has 1 atom stereocenters. The quantitative estimate of drug-likeness (QED) is 0.906. The van der Waals surface area contributed by atoms with Crippen molar-refractivity contribution >= 4 is 17.7 Å². The van der Waals surface area contributed by atoms with E-state index in [1.807, 2.05) is 9.80 Å². The van der Waals surface area contributed by atoms with Crippen LogP contribution in [-0.4, -0.2) is 53.0 Å². The van der Waals surface area contributed by atoms with Gasteiger partial charge in [0.15, 0.2) is 0 Å². The number of hydrogen-bond acceptors (Lipinski definition) is 4. The number of nitrogens with zero attached hydrogens (tertiary/aromatic N) is 3. The van der Waals surface area contributed by atoms with Gasteiger partial charge in [-0.05, 0) is 50.2 Å². The highest BCUT2D eigenvalue weighted by Crippen LogP contribution is 2.43. The molecule has 1 aromatic heterocycles. The second-order valence-corrected chi connectivity index (χ2v) is 7.62. The monoisotopic (exact) mass is 343 g/mol. The van der Waals surface area contributed by atoms with Gasteiger partial charge in [0.2, 0.25) is 5.91 Å². The Bertz CT molecular complexity index is 733. The third-order valence-electron chi connectivity index (χ3n) is 6.01. The zero-order chi connectivity index (χ0) is 17.6. The molecular weight excluding hydrogens is 318 g/mol. The highest BCUT2D eigenvalue weighted by atomic mass is 16.4. The summed E-state index contributed by atoms with van der Waals surface area (Å²) in [5.41, 5.74) is 2.05. The standard InChI is InChI=1S/C19H25N3O3/c1-2-8-21-9-6-19(18(21)25)7-10-22(12-19)16-14(17(23)24)11-13-4-3-5-15(13)20-16/h11H,2-10,12H2,1H3,(H,23,24). The number of hydrogen-bond donors (Lipinski definition) is 1. The second kappa shape index (κ2) is 6.00. The van der Waals surface area contributed by atoms with Crippen LogP contribution in [0.2, 0.25) is 0 Å². The third kappa shape index (κ3) is 2.58. The molecule has 2 saturated heterocycles. The van der Waals surface area contributed by atoms with Gasteiger partial charge in [0.25, 0.3) is 0 Å². The topological polar surface area (TPSA) is 73.7 Å². The van der Waals surface area contributed by atoms with E-state index in [2.05, 4.69) is 6.92 Å². The average Bonchev–Trinajstić information content (AvgIpc) is 3.29. The molecule has 1 N–H and O–H groups in total. The van der Waals surface area contributed by atoms with E-state index in [0.717, 1.165) is 62.9 Å². The van der Waals surface area contributed by atoms with Crippen LogP contribution in [0.4, 0.5) is 5.82 Å². The molecule has 2 aliphatic heterocycles. The minimum absolute atomic E-state index is 0.245. The number of aromatic nitrogens is 1. The number of amides is 1. The molecule has 3 aliphatic rings. The SMILES string of the molecule is CCCN1CCC2(CCN(c3nc4c(cc3C(=O)O)CCC4)C2)C1=O. The van der Waals surface area contributed by atoms with E-state index in [4.69, 9.17) is 4.98 Å². The van der Waals surface area contributed by atoms with Crippen LogP contribution >= 0.6 is 0 Å². The highest BCUT2D eigenvalue weighted by molar-refractivity contribution is 5.94. The molecule has 2 fully saturated rings. The molecule has 1 amide bonds. The summed E-state index contributed by atoms with van der Waals surface area (Å²) in [5.74, 6) is -0.120. The molecule has 3 heterocycles. The lowest BCUT2D eigenvalue weighted by Gasteiger charge is -2.25. The summed E-state index contributed by atoms with van der Waals surface area (Å²) in [6.07, 6.45) is 5.52. The summed E-state index contributed by atoms with van der Waals surface area (Å²) < 4.78 is 0. The molecule has 25 heavy (non-hydrogen) atoms. The van der Waals surface area contributed by atoms with Crippen LogP contribution in [0.1, 0.15) is 54.2 Å². The normalized spacial score (nSPS) is 25.2. The minimum atomic E-state index is -0.927. The van der Waals surface area contributed by atoms with Gasteiger partial charge in [-0.25, -0.2) is 9.78 Å². The number of carboxylic acids is 1. The number of pyridine rings is 1. The maximum Gasteiger partial charge on any atom is 0.339 e. The van der Waals surface area contributed by atoms with E-state index < -0.39 is 5.97 Å². The Morgan fingerprint density at radius 3 is 2.88 bits per heavy atom. The molecule has 1 aliphatic carbocycles. The molecule has 6 nitrogen and oxygen atoms in total. The Labute approximate surface area is 147 Å². The van der Waals surface area contributed by atoms with Crippen LogP contribution in [0.3, 0.4) is 0 Å². The van der Waals surface area contributed by atoms with Crippen molar-refractivity contribution in [3.8, 4) is 0 Å². The molecule has 1 unspecified atom stereocenters. The van der Waals surface area contributed by atoms with E-state index in [1.165, 1.54) is 0 Å². The zero-order valence-electron chi connectivity index (χ0n) is 14.8. The van der Waals surface area contributed by atoms with Crippen molar-refractivity contribution in [1.29, 1.82) is 0 Å². The Morgan fingerprint density at radius 2 is 2.12 bits per heavy atom. The first kappa shape index (κ1) is 16.4. The lowest BCUT2D eigenvalue weighted by atomic mass is 9.85. The van der Waals surface area contributed by atoms with Crippen molar-refractivity contribution in [3.63, 3.8) is 0 Å². The van der Waals surface area contributed by atoms with Gasteiger partial charge in [0, 0.05) is 31.9 Å². The van der Waals surface area contributed by atoms with Gasteiger partial charge >= 0.3 is 5.97 Å². The molecule has 0 bridgehead atoms. The summed E-state index contributed by atoms with van der Waals surface area (Å²) in [6.45, 7) is 5.03. The predicted molar refractivity (Wildman–Crippen MR) is 94.0 cm³/mol. The van der Waals surface area contributed by atoms with Crippen molar-refractivity contribution in [1.82, 2.24) is 9.88 Å². The Morgan fingerprint density at radius 1 is 1.32 bits per heavy atom. The van der Waals surface area contributed by atoms with Crippen LogP contribution in [0, 0.1) is 5.41 Å². The number of carboxylic acid groups (broad SMARTS) is 1. The lowest BCUT2D eigenvalue weighted by molar-refractivity contribution is -0.135. The van der Waals surface area contributed by atoms with Gasteiger partial charge in [-0.15, -0.1) is 0 Å². The van der Waals surface area contributed by atoms with Crippen molar-refractivity contribution in [3.05, 3.63) is 22.9 Å². The van der Waals surface area contributed by atoms with Gasteiger partial charge in [0.1, 0.15) is 11.4 Å². The molecule has 4 rings (SSSR count). The fourth-order valence-corrected chi connectivity index (χ4v) is 4.67. The van der Waals surface area contributed by atoms with E-state index in [-0.39, 0.29) is 16.9 Å². The van der Waals surface area contributed by atoms with Gasteiger partial charge in [-0.2, -0.15) is 0 Å². The molecule has 0 saturated carbocycles. The molecule has 1 aromatic rings. The highest BCUT2D eigenvalue weighted by Gasteiger charge is 2.51. The first-order valence-electron chi connectivity index (χ1n) is 9.34. The average molecular weight is 343 g/mol. The number of carbonyl (C=O) groups is 2. The molecule has 0 aromatic carbocycles. The fourth-order valence-electron chi connectivity index (χ4n) is 4.67. The summed E-state index contributed by atoms with van der Waals surface area (Å²) in [4.78, 5) is 33.3. The van der Waals surface area contributed by atoms with E-state index in [9.17, 15) is 14.7 Å². The molecule has 6 heteroatoms. The summed E-state index contributed by atoms with van der Waals surface area (Å²) in [6, 6.07) is 1.80. The van der Waals surface area contributed by atoms with Gasteiger partial charge in [0.05, 0.1) is 5.41 Å². The van der Waals surface area contributed by atoms with E-state index in [1.54, 1.807) is 6.07 Å². The molecular formula is C19H25N3O3. The fraction of sp³-hybridized carbons (Fsp3) is 0.632. The number of carbonyl (C=O) groups excluding carboxylic acids is 1. The van der Waals surface area contributed by atoms with E-state index >= 15 is 0 Å². The Kier molecular flexibility index (Phi) is 3.93. The molecule has 0 radical (unpaired) electrons. The van der Waals surface area contributed by atoms with Crippen LogP contribution in [-0.2, 0) is 17.6 Å². The largest absolute Gasteiger partial charge is 0.478 e. The summed E-state index contributed by atoms with van der Waals surface area (Å²) in [5, 5.41) is 9.64. The first-order valence-corrected chi connectivity index (χ1v) is 9.34. The third-order valence-corrected chi connectivity index (χ3v) is 6.01. The summed E-state index contributed by atoms with van der Waals surface area (Å²) >= 11 is 0. The predicted octanol–water partition coefficient (Wildman–Crippen LogP) is 2.11. The van der Waals surface area contributed by atoms with Crippen LogP contribution in [0.5, 0.6) is 0 Å². The van der Waals surface area contributed by atoms with Gasteiger partial charge in [-0.1, -0.05) is 6.92 Å². The Hall–Kier alpha value is -2.11. The van der Waals surface area contributed by atoms with Crippen LogP contribution in [0.15, 0.2) is 6.07 Å². The Balaban J connectivity index is 1.62. The maximum absolute atomic E-state index is 12.9. The smallest absolute Gasteiger partial charge is 0.339 e. The number of fused-ring (bicyclic) bond motifs is 1. The zero-order valence-corrected chi connectivity index (χ0v) is 14.8. The number of aromatic carboxylic acids is 1. The number of rotatable bonds is 4. The number of aryl methyl sites for hydroxylation is 2. The van der Waals surface area contributed by atoms with Crippen molar-refractivity contribution in [2.75, 3.05) is 31.1 Å². The number of anilines is 1. The summed E-state index contributed by atoms with van der Waals surface area (Å²) in [7, 11) is 0. The maximum atomic E-state index is 12.9. The van der Waals surface area contributed by atoms with E-state index in [0.29, 0.717) is 18.9 Å². The molecule has 134 valence electrons. The van der Waals surface area contributed by atoms with Gasteiger partial charge in [-0.3, -0.25) is 4.79 Å². The number of likely N-dealkylation sites (tertiary alicyclic amines) is 1. The van der Waals surface area contributed by atoms with Crippen molar-refractivity contribution in [2.45, 2.75) is 45.4 Å². The van der Waals surface area contributed by atoms with Crippen molar-refractivity contribution in [2.24, 2.45) is 5.41 Å². The lowest BCUT2D eigenvalue weighted by Crippen LogP contribution is -2.37. The first-order chi connectivity index (χ1) is 12.0. The second-order valence-electron chi connectivity index (χ2n) is 7.62. The minimum Gasteiger partial charge on any atom is -0.478 e.